The third-order valence-electron chi connectivity index (χ3n) is 3.80. The lowest BCUT2D eigenvalue weighted by Crippen LogP contribution is -2.41. The molecule has 1 aliphatic rings. The maximum Gasteiger partial charge on any atom is 0.242 e. The van der Waals surface area contributed by atoms with Crippen molar-refractivity contribution in [3.8, 4) is 0 Å². The Bertz CT molecular complexity index is 605. The summed E-state index contributed by atoms with van der Waals surface area (Å²) in [5.41, 5.74) is 5.77. The summed E-state index contributed by atoms with van der Waals surface area (Å²) in [6.45, 7) is 2.06. The van der Waals surface area contributed by atoms with Crippen LogP contribution in [0.4, 0.5) is 5.69 Å². The van der Waals surface area contributed by atoms with Crippen LogP contribution in [0.25, 0.3) is 0 Å². The molecule has 1 aliphatic carbocycles. The van der Waals surface area contributed by atoms with Gasteiger partial charge in [0.15, 0.2) is 0 Å². The van der Waals surface area contributed by atoms with Crippen molar-refractivity contribution < 1.29 is 8.42 Å². The highest BCUT2D eigenvalue weighted by Crippen LogP contribution is 2.34. The molecule has 3 N–H and O–H groups in total. The molecule has 7 heteroatoms. The van der Waals surface area contributed by atoms with Crippen LogP contribution in [0.1, 0.15) is 32.6 Å². The molecule has 2 atom stereocenters. The zero-order valence-corrected chi connectivity index (χ0v) is 13.5. The lowest BCUT2D eigenvalue weighted by atomic mass is 9.87. The van der Waals surface area contributed by atoms with Crippen LogP contribution in [0.15, 0.2) is 17.0 Å². The fraction of sp³-hybridized carbons (Fsp3) is 0.538. The van der Waals surface area contributed by atoms with Crippen molar-refractivity contribution in [1.82, 2.24) is 4.72 Å². The van der Waals surface area contributed by atoms with E-state index in [-0.39, 0.29) is 26.7 Å². The Labute approximate surface area is 129 Å². The van der Waals surface area contributed by atoms with Crippen LogP contribution >= 0.6 is 23.2 Å². The monoisotopic (exact) mass is 336 g/mol. The molecule has 0 heterocycles. The number of anilines is 1. The van der Waals surface area contributed by atoms with E-state index in [0.29, 0.717) is 5.92 Å². The number of nitrogen functional groups attached to an aromatic ring is 1. The smallest absolute Gasteiger partial charge is 0.242 e. The molecule has 20 heavy (non-hydrogen) atoms. The predicted molar refractivity (Wildman–Crippen MR) is 82.6 cm³/mol. The Morgan fingerprint density at radius 2 is 1.90 bits per heavy atom. The van der Waals surface area contributed by atoms with Gasteiger partial charge in [-0.3, -0.25) is 0 Å². The first-order chi connectivity index (χ1) is 9.33. The zero-order chi connectivity index (χ0) is 14.9. The molecule has 2 unspecified atom stereocenters. The van der Waals surface area contributed by atoms with Gasteiger partial charge >= 0.3 is 0 Å². The molecule has 0 amide bonds. The van der Waals surface area contributed by atoms with E-state index in [0.717, 1.165) is 25.7 Å². The quantitative estimate of drug-likeness (QED) is 0.830. The highest BCUT2D eigenvalue weighted by Gasteiger charge is 2.28. The first-order valence-corrected chi connectivity index (χ1v) is 8.82. The molecular formula is C13H18Cl2N2O2S. The van der Waals surface area contributed by atoms with Gasteiger partial charge in [0.25, 0.3) is 0 Å². The summed E-state index contributed by atoms with van der Waals surface area (Å²) >= 11 is 11.8. The Kier molecular flexibility index (Phi) is 4.84. The van der Waals surface area contributed by atoms with Crippen molar-refractivity contribution in [2.45, 2.75) is 43.5 Å². The average Bonchev–Trinajstić information content (AvgIpc) is 2.38. The van der Waals surface area contributed by atoms with Gasteiger partial charge in [0, 0.05) is 6.04 Å². The SMILES string of the molecule is CC1CCCCC1NS(=O)(=O)c1ccc(Cl)c(N)c1Cl. The summed E-state index contributed by atoms with van der Waals surface area (Å²) < 4.78 is 27.6. The highest BCUT2D eigenvalue weighted by molar-refractivity contribution is 7.89. The van der Waals surface area contributed by atoms with Crippen LogP contribution in [0.5, 0.6) is 0 Å². The lowest BCUT2D eigenvalue weighted by molar-refractivity contribution is 0.310. The van der Waals surface area contributed by atoms with Crippen LogP contribution < -0.4 is 10.5 Å². The molecule has 0 aliphatic heterocycles. The molecule has 112 valence electrons. The number of nitrogens with two attached hydrogens (primary N) is 1. The van der Waals surface area contributed by atoms with Crippen LogP contribution in [0, 0.1) is 5.92 Å². The van der Waals surface area contributed by atoms with E-state index in [1.165, 1.54) is 12.1 Å². The highest BCUT2D eigenvalue weighted by atomic mass is 35.5. The topological polar surface area (TPSA) is 72.2 Å². The van der Waals surface area contributed by atoms with E-state index in [2.05, 4.69) is 11.6 Å². The number of nitrogens with one attached hydrogen (secondary N) is 1. The maximum atomic E-state index is 12.4. The fourth-order valence-corrected chi connectivity index (χ4v) is 4.66. The maximum absolute atomic E-state index is 12.4. The molecule has 1 fully saturated rings. The van der Waals surface area contributed by atoms with Gasteiger partial charge in [-0.25, -0.2) is 13.1 Å². The van der Waals surface area contributed by atoms with Crippen molar-refractivity contribution >= 4 is 38.9 Å². The van der Waals surface area contributed by atoms with Crippen molar-refractivity contribution in [1.29, 1.82) is 0 Å². The first-order valence-electron chi connectivity index (χ1n) is 6.58. The van der Waals surface area contributed by atoms with Crippen LogP contribution in [-0.4, -0.2) is 14.5 Å². The van der Waals surface area contributed by atoms with Crippen molar-refractivity contribution in [3.05, 3.63) is 22.2 Å². The molecule has 1 aromatic carbocycles. The molecule has 0 spiro atoms. The van der Waals surface area contributed by atoms with Gasteiger partial charge in [0.05, 0.1) is 15.7 Å². The first kappa shape index (κ1) is 15.9. The zero-order valence-electron chi connectivity index (χ0n) is 11.2. The van der Waals surface area contributed by atoms with Gasteiger partial charge < -0.3 is 5.73 Å². The van der Waals surface area contributed by atoms with E-state index >= 15 is 0 Å². The van der Waals surface area contributed by atoms with Crippen molar-refractivity contribution in [2.75, 3.05) is 5.73 Å². The Balaban J connectivity index is 2.29. The van der Waals surface area contributed by atoms with E-state index in [9.17, 15) is 8.42 Å². The van der Waals surface area contributed by atoms with Gasteiger partial charge in [-0.2, -0.15) is 0 Å². The number of halogens is 2. The molecule has 4 nitrogen and oxygen atoms in total. The third kappa shape index (κ3) is 3.22. The molecule has 2 rings (SSSR count). The van der Waals surface area contributed by atoms with E-state index in [4.69, 9.17) is 28.9 Å². The van der Waals surface area contributed by atoms with Gasteiger partial charge in [0.1, 0.15) is 4.90 Å². The Morgan fingerprint density at radius 1 is 1.25 bits per heavy atom. The summed E-state index contributed by atoms with van der Waals surface area (Å²) in [4.78, 5) is -0.0150. The summed E-state index contributed by atoms with van der Waals surface area (Å²) in [5.74, 6) is 0.321. The molecule has 0 saturated heterocycles. The predicted octanol–water partition coefficient (Wildman–Crippen LogP) is 3.43. The minimum absolute atomic E-state index is 0.0150. The fourth-order valence-electron chi connectivity index (χ4n) is 2.51. The number of rotatable bonds is 3. The lowest BCUT2D eigenvalue weighted by Gasteiger charge is -2.29. The van der Waals surface area contributed by atoms with E-state index in [1.807, 2.05) is 0 Å². The second-order valence-electron chi connectivity index (χ2n) is 5.26. The van der Waals surface area contributed by atoms with Gasteiger partial charge in [-0.15, -0.1) is 0 Å². The molecular weight excluding hydrogens is 319 g/mol. The third-order valence-corrected chi connectivity index (χ3v) is 6.18. The number of hydrogen-bond donors (Lipinski definition) is 2. The van der Waals surface area contributed by atoms with Crippen LogP contribution in [0.3, 0.4) is 0 Å². The summed E-state index contributed by atoms with van der Waals surface area (Å²) in [7, 11) is -3.68. The second kappa shape index (κ2) is 6.10. The standard InChI is InChI=1S/C13H18Cl2N2O2S/c1-8-4-2-3-5-10(8)17-20(18,19)11-7-6-9(14)13(16)12(11)15/h6-8,10,17H,2-5,16H2,1H3. The van der Waals surface area contributed by atoms with E-state index < -0.39 is 10.0 Å². The summed E-state index contributed by atoms with van der Waals surface area (Å²) in [6, 6.07) is 2.78. The van der Waals surface area contributed by atoms with Crippen molar-refractivity contribution in [2.24, 2.45) is 5.92 Å². The summed E-state index contributed by atoms with van der Waals surface area (Å²) in [6.07, 6.45) is 4.06. The van der Waals surface area contributed by atoms with Gasteiger partial charge in [-0.1, -0.05) is 43.0 Å². The number of sulfonamides is 1. The largest absolute Gasteiger partial charge is 0.396 e. The summed E-state index contributed by atoms with van der Waals surface area (Å²) in [5, 5.41) is 0.230. The molecule has 0 bridgehead atoms. The van der Waals surface area contributed by atoms with Crippen molar-refractivity contribution in [3.63, 3.8) is 0 Å². The molecule has 1 saturated carbocycles. The van der Waals surface area contributed by atoms with E-state index in [1.54, 1.807) is 0 Å². The van der Waals surface area contributed by atoms with Gasteiger partial charge in [-0.05, 0) is 30.9 Å². The Hall–Kier alpha value is -0.490. The van der Waals surface area contributed by atoms with Crippen LogP contribution in [-0.2, 0) is 10.0 Å². The minimum atomic E-state index is -3.68. The molecule has 0 radical (unpaired) electrons. The second-order valence-corrected chi connectivity index (χ2v) is 7.73. The Morgan fingerprint density at radius 3 is 2.55 bits per heavy atom. The molecule has 1 aromatic rings. The number of benzene rings is 1. The normalized spacial score (nSPS) is 23.8. The van der Waals surface area contributed by atoms with Crippen LogP contribution in [0.2, 0.25) is 10.0 Å². The number of hydrogen-bond acceptors (Lipinski definition) is 3. The minimum Gasteiger partial charge on any atom is -0.396 e. The average molecular weight is 337 g/mol. The molecule has 0 aromatic heterocycles. The van der Waals surface area contributed by atoms with Gasteiger partial charge in [0.2, 0.25) is 10.0 Å².